The number of fused-ring (bicyclic) bond motifs is 6. The van der Waals surface area contributed by atoms with Crippen molar-refractivity contribution < 1.29 is 23.9 Å². The zero-order valence-corrected chi connectivity index (χ0v) is 27.8. The molecule has 0 spiro atoms. The molecular weight excluding hydrogens is 700 g/mol. The number of ketones is 1. The van der Waals surface area contributed by atoms with Crippen molar-refractivity contribution in [2.75, 3.05) is 4.90 Å². The number of Topliss-reactive ketones (excluding diaryl/α,β-unsaturated/α-hetero) is 1. The van der Waals surface area contributed by atoms with Crippen LogP contribution in [-0.4, -0.2) is 44.3 Å². The first-order chi connectivity index (χ1) is 21.7. The molecule has 1 aromatic heterocycles. The Balaban J connectivity index is 1.19. The lowest BCUT2D eigenvalue weighted by Crippen LogP contribution is -2.37. The fourth-order valence-electron chi connectivity index (χ4n) is 7.40. The molecule has 2 bridgehead atoms. The smallest absolute Gasteiger partial charge is 0.339 e. The van der Waals surface area contributed by atoms with Crippen LogP contribution in [-0.2, 0) is 14.3 Å². The van der Waals surface area contributed by atoms with E-state index in [2.05, 4.69) is 31.9 Å². The van der Waals surface area contributed by atoms with Crippen LogP contribution < -0.4 is 4.90 Å². The fourth-order valence-corrected chi connectivity index (χ4v) is 9.27. The van der Waals surface area contributed by atoms with E-state index in [9.17, 15) is 19.2 Å². The summed E-state index contributed by atoms with van der Waals surface area (Å²) in [6.07, 6.45) is 0.281. The molecule has 0 radical (unpaired) electrons. The van der Waals surface area contributed by atoms with Gasteiger partial charge in [0.15, 0.2) is 6.10 Å². The summed E-state index contributed by atoms with van der Waals surface area (Å²) in [4.78, 5) is 60.4. The number of hydrogen-bond acceptors (Lipinski definition) is 6. The zero-order valence-electron chi connectivity index (χ0n) is 24.7. The number of carbonyl (C=O) groups is 4. The van der Waals surface area contributed by atoms with E-state index in [0.717, 1.165) is 12.0 Å². The molecule has 4 aromatic rings. The minimum absolute atomic E-state index is 0.130. The number of nitrogens with zero attached hydrogens (tertiary/aromatic N) is 2. The summed E-state index contributed by atoms with van der Waals surface area (Å²) in [5.41, 5.74) is 4.11. The number of aryl methyl sites for hydroxylation is 1. The molecule has 7 unspecified atom stereocenters. The standard InChI is InChI=1S/C36H30Br2N2O5/c1-3-27(33(41)20-9-5-4-6-10-20)45-36(44)23-17-26(39-32-18(2)8-7-11-22(23)32)19-12-14-21(15-13-19)40-34(42)28-24-16-25(29(28)35(40)43)31(38)30(24)37/h4-15,17,24-25,27-31H,3,16H2,1-2H3. The lowest BCUT2D eigenvalue weighted by atomic mass is 9.81. The van der Waals surface area contributed by atoms with Gasteiger partial charge in [-0.3, -0.25) is 19.3 Å². The molecule has 7 nitrogen and oxygen atoms in total. The van der Waals surface area contributed by atoms with E-state index in [1.807, 2.05) is 50.2 Å². The van der Waals surface area contributed by atoms with Crippen LogP contribution in [0.3, 0.4) is 0 Å². The van der Waals surface area contributed by atoms with Crippen molar-refractivity contribution in [1.82, 2.24) is 4.98 Å². The SMILES string of the molecule is CCC(OC(=O)c1cc(-c2ccc(N3C(=O)C4C5CC(C(Br)C5Br)C4C3=O)cc2)nc2c(C)cccc12)C(=O)c1ccccc1. The highest BCUT2D eigenvalue weighted by atomic mass is 79.9. The van der Waals surface area contributed by atoms with Gasteiger partial charge in [-0.05, 0) is 55.4 Å². The van der Waals surface area contributed by atoms with Crippen molar-refractivity contribution in [1.29, 1.82) is 0 Å². The summed E-state index contributed by atoms with van der Waals surface area (Å²) in [6.45, 7) is 3.74. The van der Waals surface area contributed by atoms with Crippen LogP contribution in [0.2, 0.25) is 0 Å². The number of alkyl halides is 2. The highest BCUT2D eigenvalue weighted by Crippen LogP contribution is 2.60. The monoisotopic (exact) mass is 728 g/mol. The van der Waals surface area contributed by atoms with Crippen LogP contribution in [0.5, 0.6) is 0 Å². The maximum atomic E-state index is 13.7. The van der Waals surface area contributed by atoms with E-state index in [0.29, 0.717) is 45.4 Å². The normalized spacial score (nSPS) is 25.9. The predicted octanol–water partition coefficient (Wildman–Crippen LogP) is 7.31. The number of halogens is 2. The Morgan fingerprint density at radius 2 is 1.56 bits per heavy atom. The lowest BCUT2D eigenvalue weighted by Gasteiger charge is -2.28. The zero-order chi connectivity index (χ0) is 31.6. The number of benzene rings is 3. The van der Waals surface area contributed by atoms with E-state index < -0.39 is 12.1 Å². The molecule has 7 atom stereocenters. The van der Waals surface area contributed by atoms with Gasteiger partial charge in [-0.15, -0.1) is 0 Å². The van der Waals surface area contributed by atoms with Crippen LogP contribution in [0, 0.1) is 30.6 Å². The Labute approximate surface area is 277 Å². The van der Waals surface area contributed by atoms with Crippen molar-refractivity contribution >= 4 is 72.0 Å². The van der Waals surface area contributed by atoms with Gasteiger partial charge in [0, 0.05) is 26.2 Å². The minimum atomic E-state index is -0.930. The molecule has 2 saturated carbocycles. The molecule has 1 saturated heterocycles. The van der Waals surface area contributed by atoms with Gasteiger partial charge in [-0.2, -0.15) is 0 Å². The molecule has 45 heavy (non-hydrogen) atoms. The molecule has 9 heteroatoms. The summed E-state index contributed by atoms with van der Waals surface area (Å²) in [7, 11) is 0. The molecule has 3 aliphatic rings. The maximum Gasteiger partial charge on any atom is 0.339 e. The summed E-state index contributed by atoms with van der Waals surface area (Å²) in [5, 5.41) is 0.631. The first-order valence-corrected chi connectivity index (χ1v) is 17.0. The number of pyridine rings is 1. The van der Waals surface area contributed by atoms with Crippen LogP contribution >= 0.6 is 31.9 Å². The Bertz CT molecular complexity index is 1830. The molecule has 0 N–H and O–H groups in total. The second kappa shape index (κ2) is 11.6. The number of carbonyl (C=O) groups excluding carboxylic acids is 4. The maximum absolute atomic E-state index is 13.7. The van der Waals surface area contributed by atoms with Crippen molar-refractivity contribution in [3.63, 3.8) is 0 Å². The second-order valence-corrected chi connectivity index (χ2v) is 14.2. The number of anilines is 1. The van der Waals surface area contributed by atoms with Gasteiger partial charge in [0.1, 0.15) is 0 Å². The Morgan fingerprint density at radius 3 is 2.18 bits per heavy atom. The summed E-state index contributed by atoms with van der Waals surface area (Å²) >= 11 is 7.49. The molecule has 3 aromatic carbocycles. The first-order valence-electron chi connectivity index (χ1n) is 15.2. The van der Waals surface area contributed by atoms with E-state index >= 15 is 0 Å². The summed E-state index contributed by atoms with van der Waals surface area (Å²) < 4.78 is 5.82. The third-order valence-electron chi connectivity index (χ3n) is 9.64. The fraction of sp³-hybridized carbons (Fsp3) is 0.306. The van der Waals surface area contributed by atoms with Gasteiger partial charge >= 0.3 is 5.97 Å². The van der Waals surface area contributed by atoms with E-state index in [1.54, 1.807) is 42.5 Å². The highest BCUT2D eigenvalue weighted by Gasteiger charge is 2.66. The molecule has 2 heterocycles. The number of hydrogen-bond donors (Lipinski definition) is 0. The van der Waals surface area contributed by atoms with Gasteiger partial charge in [-0.1, -0.05) is 99.4 Å². The molecular formula is C36H30Br2N2O5. The molecule has 228 valence electrons. The van der Waals surface area contributed by atoms with E-state index in [4.69, 9.17) is 9.72 Å². The van der Waals surface area contributed by atoms with Crippen molar-refractivity contribution in [2.24, 2.45) is 23.7 Å². The van der Waals surface area contributed by atoms with Gasteiger partial charge in [-0.25, -0.2) is 9.78 Å². The van der Waals surface area contributed by atoms with Gasteiger partial charge in [0.2, 0.25) is 17.6 Å². The average Bonchev–Trinajstić information content (AvgIpc) is 3.68. The number of imide groups is 1. The van der Waals surface area contributed by atoms with E-state index in [-0.39, 0.29) is 50.9 Å². The van der Waals surface area contributed by atoms with Crippen molar-refractivity contribution in [2.45, 2.75) is 42.4 Å². The highest BCUT2D eigenvalue weighted by molar-refractivity contribution is 9.12. The third kappa shape index (κ3) is 4.86. The summed E-state index contributed by atoms with van der Waals surface area (Å²) in [6, 6.07) is 23.2. The molecule has 7 rings (SSSR count). The molecule has 2 aliphatic carbocycles. The Kier molecular flexibility index (Phi) is 7.72. The largest absolute Gasteiger partial charge is 0.450 e. The minimum Gasteiger partial charge on any atom is -0.450 e. The van der Waals surface area contributed by atoms with E-state index in [1.165, 1.54) is 4.90 Å². The second-order valence-electron chi connectivity index (χ2n) is 12.1. The van der Waals surface area contributed by atoms with Gasteiger partial charge in [0.25, 0.3) is 0 Å². The van der Waals surface area contributed by atoms with Crippen molar-refractivity contribution in [3.8, 4) is 11.3 Å². The number of amides is 2. The first kappa shape index (κ1) is 30.0. The third-order valence-corrected chi connectivity index (χ3v) is 12.8. The quantitative estimate of drug-likeness (QED) is 0.0858. The Morgan fingerprint density at radius 1 is 0.911 bits per heavy atom. The van der Waals surface area contributed by atoms with Crippen LogP contribution in [0.1, 0.15) is 46.0 Å². The molecule has 2 amide bonds. The number of aromatic nitrogens is 1. The van der Waals surface area contributed by atoms with Crippen molar-refractivity contribution in [3.05, 3.63) is 95.6 Å². The molecule has 3 fully saturated rings. The van der Waals surface area contributed by atoms with Gasteiger partial charge in [0.05, 0.1) is 34.3 Å². The Hall–Kier alpha value is -3.69. The van der Waals surface area contributed by atoms with Crippen LogP contribution in [0.25, 0.3) is 22.2 Å². The van der Waals surface area contributed by atoms with Crippen LogP contribution in [0.15, 0.2) is 78.9 Å². The van der Waals surface area contributed by atoms with Gasteiger partial charge < -0.3 is 4.74 Å². The number of esters is 1. The lowest BCUT2D eigenvalue weighted by molar-refractivity contribution is -0.123. The van der Waals surface area contributed by atoms with Crippen LogP contribution in [0.4, 0.5) is 5.69 Å². The number of para-hydroxylation sites is 1. The number of ether oxygens (including phenoxy) is 1. The summed E-state index contributed by atoms with van der Waals surface area (Å²) in [5.74, 6) is -1.42. The topological polar surface area (TPSA) is 93.6 Å². The molecule has 1 aliphatic heterocycles. The number of rotatable bonds is 7. The predicted molar refractivity (Wildman–Crippen MR) is 179 cm³/mol. The average molecular weight is 730 g/mol.